The van der Waals surface area contributed by atoms with Crippen LogP contribution < -0.4 is 4.90 Å². The number of hydrogen-bond donors (Lipinski definition) is 1. The van der Waals surface area contributed by atoms with Crippen molar-refractivity contribution >= 4 is 5.82 Å². The fourth-order valence-electron chi connectivity index (χ4n) is 3.29. The molecule has 134 valence electrons. The third kappa shape index (κ3) is 4.14. The Morgan fingerprint density at radius 2 is 2.00 bits per heavy atom. The first-order chi connectivity index (χ1) is 12.1. The molecule has 0 spiro atoms. The lowest BCUT2D eigenvalue weighted by Gasteiger charge is -2.26. The second-order valence-electron chi connectivity index (χ2n) is 6.65. The Morgan fingerprint density at radius 3 is 2.72 bits per heavy atom. The maximum atomic E-state index is 13.4. The SMILES string of the molecule is Cc1cc(-c2cccc(F)c2)nnc1N1CCCN(C(C)CO)CC1. The van der Waals surface area contributed by atoms with Gasteiger partial charge in [-0.15, -0.1) is 10.2 Å². The number of aromatic nitrogens is 2. The fourth-order valence-corrected chi connectivity index (χ4v) is 3.29. The average molecular weight is 344 g/mol. The molecule has 2 heterocycles. The van der Waals surface area contributed by atoms with Crippen LogP contribution in [0.5, 0.6) is 0 Å². The van der Waals surface area contributed by atoms with Gasteiger partial charge in [0.2, 0.25) is 0 Å². The lowest BCUT2D eigenvalue weighted by molar-refractivity contribution is 0.141. The van der Waals surface area contributed by atoms with Gasteiger partial charge < -0.3 is 10.0 Å². The third-order valence-corrected chi connectivity index (χ3v) is 4.80. The zero-order chi connectivity index (χ0) is 17.8. The standard InChI is InChI=1S/C19H25FN4O/c1-14-11-18(16-5-3-6-17(20)12-16)21-22-19(14)24-8-4-7-23(9-10-24)15(2)13-25/h3,5-6,11-12,15,25H,4,7-10,13H2,1-2H3. The maximum absolute atomic E-state index is 13.4. The van der Waals surface area contributed by atoms with Gasteiger partial charge in [0, 0.05) is 37.8 Å². The number of halogens is 1. The molecule has 6 heteroatoms. The Hall–Kier alpha value is -2.05. The van der Waals surface area contributed by atoms with Crippen molar-refractivity contribution in [2.24, 2.45) is 0 Å². The molecule has 1 atom stereocenters. The third-order valence-electron chi connectivity index (χ3n) is 4.80. The van der Waals surface area contributed by atoms with Crippen LogP contribution in [-0.2, 0) is 0 Å². The molecule has 3 rings (SSSR count). The monoisotopic (exact) mass is 344 g/mol. The minimum absolute atomic E-state index is 0.182. The molecule has 0 amide bonds. The van der Waals surface area contributed by atoms with E-state index in [1.54, 1.807) is 6.07 Å². The van der Waals surface area contributed by atoms with Crippen molar-refractivity contribution in [1.82, 2.24) is 15.1 Å². The summed E-state index contributed by atoms with van der Waals surface area (Å²) in [6.45, 7) is 7.91. The van der Waals surface area contributed by atoms with E-state index in [1.807, 2.05) is 19.1 Å². The highest BCUT2D eigenvalue weighted by molar-refractivity contribution is 5.62. The van der Waals surface area contributed by atoms with Gasteiger partial charge in [0.25, 0.3) is 0 Å². The van der Waals surface area contributed by atoms with Gasteiger partial charge in [-0.05, 0) is 44.0 Å². The molecule has 1 aliphatic heterocycles. The van der Waals surface area contributed by atoms with Crippen LogP contribution in [0, 0.1) is 12.7 Å². The predicted octanol–water partition coefficient (Wildman–Crippen LogP) is 2.48. The number of aliphatic hydroxyl groups is 1. The van der Waals surface area contributed by atoms with Gasteiger partial charge in [0.05, 0.1) is 12.3 Å². The van der Waals surface area contributed by atoms with Crippen molar-refractivity contribution in [2.75, 3.05) is 37.7 Å². The molecule has 1 N–H and O–H groups in total. The molecule has 2 aromatic rings. The van der Waals surface area contributed by atoms with Gasteiger partial charge in [-0.25, -0.2) is 4.39 Å². The second-order valence-corrected chi connectivity index (χ2v) is 6.65. The van der Waals surface area contributed by atoms with Crippen LogP contribution in [-0.4, -0.2) is 59.0 Å². The molecule has 1 fully saturated rings. The number of hydrogen-bond acceptors (Lipinski definition) is 5. The van der Waals surface area contributed by atoms with Crippen molar-refractivity contribution in [3.8, 4) is 11.3 Å². The Bertz CT molecular complexity index is 724. The van der Waals surface area contributed by atoms with E-state index in [0.29, 0.717) is 5.69 Å². The molecule has 25 heavy (non-hydrogen) atoms. The van der Waals surface area contributed by atoms with Crippen molar-refractivity contribution in [3.63, 3.8) is 0 Å². The second kappa shape index (κ2) is 7.89. The Kier molecular flexibility index (Phi) is 5.60. The molecule has 1 aromatic heterocycles. The summed E-state index contributed by atoms with van der Waals surface area (Å²) in [5.74, 6) is 0.616. The molecule has 5 nitrogen and oxygen atoms in total. The van der Waals surface area contributed by atoms with Crippen molar-refractivity contribution < 1.29 is 9.50 Å². The lowest BCUT2D eigenvalue weighted by Crippen LogP contribution is -2.38. The van der Waals surface area contributed by atoms with Crippen molar-refractivity contribution in [3.05, 3.63) is 41.7 Å². The summed E-state index contributed by atoms with van der Waals surface area (Å²) in [5, 5.41) is 18.1. The van der Waals surface area contributed by atoms with Gasteiger partial charge in [0.15, 0.2) is 5.82 Å². The summed E-state index contributed by atoms with van der Waals surface area (Å²) in [5.41, 5.74) is 2.46. The van der Waals surface area contributed by atoms with Gasteiger partial charge in [-0.3, -0.25) is 4.90 Å². The van der Waals surface area contributed by atoms with E-state index in [2.05, 4.69) is 26.9 Å². The molecule has 1 unspecified atom stereocenters. The quantitative estimate of drug-likeness (QED) is 0.923. The zero-order valence-electron chi connectivity index (χ0n) is 14.8. The van der Waals surface area contributed by atoms with Crippen LogP contribution in [0.3, 0.4) is 0 Å². The topological polar surface area (TPSA) is 52.5 Å². The highest BCUT2D eigenvalue weighted by Gasteiger charge is 2.21. The molecular weight excluding hydrogens is 319 g/mol. The van der Waals surface area contributed by atoms with Crippen LogP contribution in [0.2, 0.25) is 0 Å². The zero-order valence-corrected chi connectivity index (χ0v) is 14.8. The number of anilines is 1. The van der Waals surface area contributed by atoms with E-state index in [9.17, 15) is 9.50 Å². The number of benzene rings is 1. The normalized spacial score (nSPS) is 17.4. The largest absolute Gasteiger partial charge is 0.395 e. The Labute approximate surface area is 148 Å². The number of rotatable bonds is 4. The summed E-state index contributed by atoms with van der Waals surface area (Å²) in [7, 11) is 0. The summed E-state index contributed by atoms with van der Waals surface area (Å²) in [4.78, 5) is 4.56. The van der Waals surface area contributed by atoms with Crippen LogP contribution in [0.15, 0.2) is 30.3 Å². The fraction of sp³-hybridized carbons (Fsp3) is 0.474. The minimum Gasteiger partial charge on any atom is -0.395 e. The minimum atomic E-state index is -0.272. The first-order valence-corrected chi connectivity index (χ1v) is 8.78. The molecule has 0 aliphatic carbocycles. The summed E-state index contributed by atoms with van der Waals surface area (Å²) in [6, 6.07) is 8.57. The highest BCUT2D eigenvalue weighted by atomic mass is 19.1. The smallest absolute Gasteiger partial charge is 0.154 e. The van der Waals surface area contributed by atoms with E-state index in [1.165, 1.54) is 12.1 Å². The molecule has 1 aliphatic rings. The molecule has 0 saturated carbocycles. The molecule has 1 saturated heterocycles. The number of aryl methyl sites for hydroxylation is 1. The molecule has 0 bridgehead atoms. The number of aliphatic hydroxyl groups excluding tert-OH is 1. The van der Waals surface area contributed by atoms with E-state index in [-0.39, 0.29) is 18.5 Å². The van der Waals surface area contributed by atoms with E-state index in [4.69, 9.17) is 0 Å². The van der Waals surface area contributed by atoms with Gasteiger partial charge in [0.1, 0.15) is 5.82 Å². The van der Waals surface area contributed by atoms with Crippen LogP contribution in [0.1, 0.15) is 18.9 Å². The van der Waals surface area contributed by atoms with Crippen LogP contribution in [0.4, 0.5) is 10.2 Å². The predicted molar refractivity (Wildman–Crippen MR) is 97.1 cm³/mol. The molecular formula is C19H25FN4O. The summed E-state index contributed by atoms with van der Waals surface area (Å²) < 4.78 is 13.4. The first-order valence-electron chi connectivity index (χ1n) is 8.78. The average Bonchev–Trinajstić information content (AvgIpc) is 2.87. The Morgan fingerprint density at radius 1 is 1.16 bits per heavy atom. The first kappa shape index (κ1) is 17.8. The van der Waals surface area contributed by atoms with Gasteiger partial charge in [-0.1, -0.05) is 12.1 Å². The van der Waals surface area contributed by atoms with E-state index in [0.717, 1.165) is 49.5 Å². The Balaban J connectivity index is 1.77. The van der Waals surface area contributed by atoms with Crippen molar-refractivity contribution in [2.45, 2.75) is 26.3 Å². The van der Waals surface area contributed by atoms with Gasteiger partial charge in [-0.2, -0.15) is 0 Å². The lowest BCUT2D eigenvalue weighted by atomic mass is 10.1. The van der Waals surface area contributed by atoms with Crippen LogP contribution >= 0.6 is 0 Å². The van der Waals surface area contributed by atoms with Gasteiger partial charge >= 0.3 is 0 Å². The maximum Gasteiger partial charge on any atom is 0.154 e. The van der Waals surface area contributed by atoms with Crippen molar-refractivity contribution in [1.29, 1.82) is 0 Å². The summed E-state index contributed by atoms with van der Waals surface area (Å²) in [6.07, 6.45) is 1.02. The van der Waals surface area contributed by atoms with Crippen LogP contribution in [0.25, 0.3) is 11.3 Å². The van der Waals surface area contributed by atoms with E-state index < -0.39 is 0 Å². The summed E-state index contributed by atoms with van der Waals surface area (Å²) >= 11 is 0. The number of nitrogens with zero attached hydrogens (tertiary/aromatic N) is 4. The molecule has 0 radical (unpaired) electrons. The molecule has 1 aromatic carbocycles. The van der Waals surface area contributed by atoms with E-state index >= 15 is 0 Å². The highest BCUT2D eigenvalue weighted by Crippen LogP contribution is 2.24.